The van der Waals surface area contributed by atoms with Crippen LogP contribution in [-0.4, -0.2) is 33.8 Å². The predicted molar refractivity (Wildman–Crippen MR) is 97.2 cm³/mol. The second kappa shape index (κ2) is 6.81. The molecule has 0 aliphatic carbocycles. The Balaban J connectivity index is 1.79. The summed E-state index contributed by atoms with van der Waals surface area (Å²) in [5.41, 5.74) is 2.58. The van der Waals surface area contributed by atoms with Gasteiger partial charge in [0.2, 0.25) is 0 Å². The van der Waals surface area contributed by atoms with Crippen LogP contribution in [-0.2, 0) is 4.79 Å². The molecule has 0 spiro atoms. The topological polar surface area (TPSA) is 59.0 Å². The first kappa shape index (κ1) is 15.4. The van der Waals surface area contributed by atoms with Crippen molar-refractivity contribution in [2.45, 2.75) is 12.8 Å². The van der Waals surface area contributed by atoms with Crippen molar-refractivity contribution in [1.82, 2.24) is 15.0 Å². The van der Waals surface area contributed by atoms with E-state index < -0.39 is 0 Å². The molecule has 1 aliphatic rings. The fourth-order valence-electron chi connectivity index (χ4n) is 2.94. The van der Waals surface area contributed by atoms with E-state index in [2.05, 4.69) is 9.88 Å². The molecule has 0 amide bonds. The average Bonchev–Trinajstić information content (AvgIpc) is 2.69. The minimum absolute atomic E-state index is 0.318. The largest absolute Gasteiger partial charge is 0.356 e. The Morgan fingerprint density at radius 1 is 0.840 bits per heavy atom. The van der Waals surface area contributed by atoms with E-state index in [4.69, 9.17) is 9.97 Å². The maximum atomic E-state index is 11.5. The average molecular weight is 330 g/mol. The number of carbonyl (C=O) groups excluding carboxylic acids is 1. The lowest BCUT2D eigenvalue weighted by atomic mass is 10.1. The fourth-order valence-corrected chi connectivity index (χ4v) is 2.94. The SMILES string of the molecule is O=C1CCN(c2cc(-c3ccccn3)nc(-c3ccccc3)n2)CC1. The van der Waals surface area contributed by atoms with E-state index in [9.17, 15) is 4.79 Å². The molecule has 1 aromatic carbocycles. The van der Waals surface area contributed by atoms with Crippen molar-refractivity contribution in [3.63, 3.8) is 0 Å². The van der Waals surface area contributed by atoms with Gasteiger partial charge in [0.15, 0.2) is 5.82 Å². The highest BCUT2D eigenvalue weighted by atomic mass is 16.1. The van der Waals surface area contributed by atoms with Crippen molar-refractivity contribution < 1.29 is 4.79 Å². The van der Waals surface area contributed by atoms with Gasteiger partial charge in [-0.05, 0) is 12.1 Å². The van der Waals surface area contributed by atoms with E-state index in [1.165, 1.54) is 0 Å². The number of rotatable bonds is 3. The summed E-state index contributed by atoms with van der Waals surface area (Å²) in [4.78, 5) is 27.6. The number of pyridine rings is 1. The Bertz CT molecular complexity index is 813. The molecule has 0 saturated carbocycles. The Morgan fingerprint density at radius 3 is 2.32 bits per heavy atom. The summed E-state index contributed by atoms with van der Waals surface area (Å²) in [5, 5.41) is 0. The number of piperidine rings is 1. The minimum Gasteiger partial charge on any atom is -0.356 e. The van der Waals surface area contributed by atoms with Crippen LogP contribution in [0.25, 0.3) is 22.8 Å². The number of benzene rings is 1. The summed E-state index contributed by atoms with van der Waals surface area (Å²) in [5.74, 6) is 1.84. The summed E-state index contributed by atoms with van der Waals surface area (Å²) < 4.78 is 0. The first-order valence-electron chi connectivity index (χ1n) is 8.42. The molecule has 3 aromatic rings. The number of anilines is 1. The Labute approximate surface area is 146 Å². The van der Waals surface area contributed by atoms with Crippen LogP contribution in [0.4, 0.5) is 5.82 Å². The van der Waals surface area contributed by atoms with Crippen LogP contribution in [0.3, 0.4) is 0 Å². The zero-order valence-electron chi connectivity index (χ0n) is 13.8. The maximum Gasteiger partial charge on any atom is 0.162 e. The monoisotopic (exact) mass is 330 g/mol. The van der Waals surface area contributed by atoms with Crippen molar-refractivity contribution in [2.75, 3.05) is 18.0 Å². The molecule has 5 heteroatoms. The normalized spacial score (nSPS) is 14.6. The van der Waals surface area contributed by atoms with E-state index in [0.717, 1.165) is 22.8 Å². The van der Waals surface area contributed by atoms with Crippen molar-refractivity contribution in [2.24, 2.45) is 0 Å². The highest BCUT2D eigenvalue weighted by Gasteiger charge is 2.19. The highest BCUT2D eigenvalue weighted by Crippen LogP contribution is 2.26. The number of Topliss-reactive ketones (excluding diaryl/α,β-unsaturated/α-hetero) is 1. The molecule has 0 N–H and O–H groups in total. The van der Waals surface area contributed by atoms with Gasteiger partial charge in [-0.25, -0.2) is 9.97 Å². The summed E-state index contributed by atoms with van der Waals surface area (Å²) in [6.07, 6.45) is 2.91. The third-order valence-corrected chi connectivity index (χ3v) is 4.32. The molecule has 1 saturated heterocycles. The van der Waals surface area contributed by atoms with Crippen LogP contribution in [0.1, 0.15) is 12.8 Å². The van der Waals surface area contributed by atoms with Crippen LogP contribution in [0, 0.1) is 0 Å². The summed E-state index contributed by atoms with van der Waals surface area (Å²) in [6, 6.07) is 17.7. The molecule has 0 unspecified atom stereocenters. The van der Waals surface area contributed by atoms with Gasteiger partial charge in [0.25, 0.3) is 0 Å². The van der Waals surface area contributed by atoms with E-state index in [1.54, 1.807) is 6.20 Å². The number of carbonyl (C=O) groups is 1. The molecular formula is C20H18N4O. The lowest BCUT2D eigenvalue weighted by molar-refractivity contribution is -0.119. The zero-order chi connectivity index (χ0) is 17.1. The molecule has 5 nitrogen and oxygen atoms in total. The standard InChI is InChI=1S/C20H18N4O/c25-16-9-12-24(13-10-16)19-14-18(17-8-4-5-11-21-17)22-20(23-19)15-6-2-1-3-7-15/h1-8,11,14H,9-10,12-13H2. The van der Waals surface area contributed by atoms with Crippen LogP contribution in [0.15, 0.2) is 60.8 Å². The first-order chi connectivity index (χ1) is 12.3. The Kier molecular flexibility index (Phi) is 4.21. The van der Waals surface area contributed by atoms with E-state index >= 15 is 0 Å². The van der Waals surface area contributed by atoms with Gasteiger partial charge in [0.1, 0.15) is 11.6 Å². The zero-order valence-corrected chi connectivity index (χ0v) is 13.8. The predicted octanol–water partition coefficient (Wildman–Crippen LogP) is 3.37. The first-order valence-corrected chi connectivity index (χ1v) is 8.42. The summed E-state index contributed by atoms with van der Waals surface area (Å²) in [7, 11) is 0. The van der Waals surface area contributed by atoms with Gasteiger partial charge in [-0.15, -0.1) is 0 Å². The van der Waals surface area contributed by atoms with E-state index in [0.29, 0.717) is 37.5 Å². The summed E-state index contributed by atoms with van der Waals surface area (Å²) in [6.45, 7) is 1.40. The van der Waals surface area contributed by atoms with Gasteiger partial charge >= 0.3 is 0 Å². The Morgan fingerprint density at radius 2 is 1.60 bits per heavy atom. The van der Waals surface area contributed by atoms with E-state index in [1.807, 2.05) is 54.6 Å². The van der Waals surface area contributed by atoms with Crippen molar-refractivity contribution in [1.29, 1.82) is 0 Å². The Hall–Kier alpha value is -3.08. The quantitative estimate of drug-likeness (QED) is 0.737. The number of hydrogen-bond donors (Lipinski definition) is 0. The minimum atomic E-state index is 0.318. The highest BCUT2D eigenvalue weighted by molar-refractivity contribution is 5.81. The molecule has 4 rings (SSSR count). The smallest absolute Gasteiger partial charge is 0.162 e. The number of ketones is 1. The van der Waals surface area contributed by atoms with Gasteiger partial charge in [-0.1, -0.05) is 36.4 Å². The lowest BCUT2D eigenvalue weighted by Gasteiger charge is -2.27. The summed E-state index contributed by atoms with van der Waals surface area (Å²) >= 11 is 0. The fraction of sp³-hybridized carbons (Fsp3) is 0.200. The molecular weight excluding hydrogens is 312 g/mol. The van der Waals surface area contributed by atoms with Crippen molar-refractivity contribution in [3.05, 3.63) is 60.8 Å². The third-order valence-electron chi connectivity index (χ3n) is 4.32. The molecule has 3 heterocycles. The molecule has 2 aromatic heterocycles. The number of aromatic nitrogens is 3. The van der Waals surface area contributed by atoms with Crippen LogP contribution >= 0.6 is 0 Å². The van der Waals surface area contributed by atoms with Crippen molar-refractivity contribution >= 4 is 11.6 Å². The molecule has 1 aliphatic heterocycles. The molecule has 124 valence electrons. The maximum absolute atomic E-state index is 11.5. The number of nitrogens with zero attached hydrogens (tertiary/aromatic N) is 4. The lowest BCUT2D eigenvalue weighted by Crippen LogP contribution is -2.34. The van der Waals surface area contributed by atoms with Gasteiger partial charge in [0.05, 0.1) is 11.4 Å². The molecule has 0 atom stereocenters. The molecule has 1 fully saturated rings. The van der Waals surface area contributed by atoms with Gasteiger partial charge in [-0.2, -0.15) is 0 Å². The van der Waals surface area contributed by atoms with Gasteiger partial charge in [-0.3, -0.25) is 9.78 Å². The number of hydrogen-bond acceptors (Lipinski definition) is 5. The van der Waals surface area contributed by atoms with E-state index in [-0.39, 0.29) is 0 Å². The van der Waals surface area contributed by atoms with Crippen LogP contribution < -0.4 is 4.90 Å². The van der Waals surface area contributed by atoms with Crippen LogP contribution in [0.5, 0.6) is 0 Å². The molecule has 25 heavy (non-hydrogen) atoms. The molecule has 0 bridgehead atoms. The van der Waals surface area contributed by atoms with Gasteiger partial charge < -0.3 is 4.90 Å². The van der Waals surface area contributed by atoms with Crippen LogP contribution in [0.2, 0.25) is 0 Å². The second-order valence-electron chi connectivity index (χ2n) is 6.04. The molecule has 0 radical (unpaired) electrons. The van der Waals surface area contributed by atoms with Crippen molar-refractivity contribution in [3.8, 4) is 22.8 Å². The van der Waals surface area contributed by atoms with Gasteiger partial charge in [0, 0.05) is 43.8 Å². The third kappa shape index (κ3) is 3.40. The second-order valence-corrected chi connectivity index (χ2v) is 6.04.